The monoisotopic (exact) mass is 259 g/mol. The summed E-state index contributed by atoms with van der Waals surface area (Å²) in [5.41, 5.74) is 9.35. The molecule has 0 spiro atoms. The molecule has 0 amide bonds. The minimum Gasteiger partial charge on any atom is -0.507 e. The number of rotatable bonds is 2. The Morgan fingerprint density at radius 1 is 1.26 bits per heavy atom. The first-order valence-electron chi connectivity index (χ1n) is 6.50. The Morgan fingerprint density at radius 2 is 1.95 bits per heavy atom. The van der Waals surface area contributed by atoms with Crippen molar-refractivity contribution in [1.29, 1.82) is 0 Å². The van der Waals surface area contributed by atoms with E-state index in [1.807, 2.05) is 6.07 Å². The summed E-state index contributed by atoms with van der Waals surface area (Å²) in [7, 11) is 0. The molecule has 0 radical (unpaired) electrons. The average Bonchev–Trinajstić information content (AvgIpc) is 2.74. The number of aryl methyl sites for hydroxylation is 1. The van der Waals surface area contributed by atoms with Crippen LogP contribution in [0.5, 0.6) is 5.75 Å². The molecule has 2 aromatic rings. The molecule has 19 heavy (non-hydrogen) atoms. The summed E-state index contributed by atoms with van der Waals surface area (Å²) in [6, 6.07) is 4.04. The van der Waals surface area contributed by atoms with E-state index in [0.717, 1.165) is 23.1 Å². The van der Waals surface area contributed by atoms with Crippen molar-refractivity contribution < 1.29 is 5.11 Å². The maximum absolute atomic E-state index is 10.5. The number of aromatic amines is 1. The lowest BCUT2D eigenvalue weighted by atomic mass is 9.83. The summed E-state index contributed by atoms with van der Waals surface area (Å²) >= 11 is 0. The molecule has 4 N–H and O–H groups in total. The van der Waals surface area contributed by atoms with Crippen LogP contribution >= 0.6 is 0 Å². The van der Waals surface area contributed by atoms with Gasteiger partial charge in [-0.1, -0.05) is 33.8 Å². The van der Waals surface area contributed by atoms with Crippen molar-refractivity contribution in [3.63, 3.8) is 0 Å². The van der Waals surface area contributed by atoms with Gasteiger partial charge in [-0.3, -0.25) is 5.10 Å². The van der Waals surface area contributed by atoms with Crippen molar-refractivity contribution in [3.8, 4) is 16.9 Å². The van der Waals surface area contributed by atoms with Crippen molar-refractivity contribution in [3.05, 3.63) is 29.5 Å². The third kappa shape index (κ3) is 2.43. The third-order valence-electron chi connectivity index (χ3n) is 3.34. The first kappa shape index (κ1) is 13.5. The third-order valence-corrected chi connectivity index (χ3v) is 3.34. The van der Waals surface area contributed by atoms with E-state index in [1.165, 1.54) is 5.56 Å². The van der Waals surface area contributed by atoms with E-state index in [1.54, 1.807) is 6.20 Å². The number of anilines is 1. The highest BCUT2D eigenvalue weighted by Gasteiger charge is 2.22. The molecule has 0 atom stereocenters. The van der Waals surface area contributed by atoms with E-state index in [2.05, 4.69) is 44.0 Å². The number of nitrogen functional groups attached to an aromatic ring is 1. The lowest BCUT2D eigenvalue weighted by molar-refractivity contribution is 0.448. The summed E-state index contributed by atoms with van der Waals surface area (Å²) in [5.74, 6) is 0.765. The van der Waals surface area contributed by atoms with Crippen LogP contribution in [0.25, 0.3) is 11.1 Å². The second kappa shape index (κ2) is 4.61. The molecule has 0 saturated heterocycles. The molecule has 0 saturated carbocycles. The zero-order chi connectivity index (χ0) is 14.2. The largest absolute Gasteiger partial charge is 0.507 e. The van der Waals surface area contributed by atoms with Crippen LogP contribution in [0.15, 0.2) is 18.3 Å². The molecule has 4 nitrogen and oxygen atoms in total. The van der Waals surface area contributed by atoms with Crippen molar-refractivity contribution in [2.45, 2.75) is 39.5 Å². The van der Waals surface area contributed by atoms with Gasteiger partial charge >= 0.3 is 0 Å². The minimum absolute atomic E-state index is 0.123. The van der Waals surface area contributed by atoms with Gasteiger partial charge in [0, 0.05) is 16.7 Å². The number of aromatic nitrogens is 2. The molecule has 0 bridgehead atoms. The molecule has 102 valence electrons. The van der Waals surface area contributed by atoms with E-state index in [9.17, 15) is 5.11 Å². The number of phenolic OH excluding ortho intramolecular Hbond substituents is 1. The number of H-pyrrole nitrogens is 1. The predicted octanol–water partition coefficient (Wildman–Crippen LogP) is 3.22. The van der Waals surface area contributed by atoms with Gasteiger partial charge < -0.3 is 10.8 Å². The molecule has 1 heterocycles. The van der Waals surface area contributed by atoms with Crippen molar-refractivity contribution in [2.24, 2.45) is 0 Å². The number of hydrogen-bond acceptors (Lipinski definition) is 3. The van der Waals surface area contributed by atoms with Crippen molar-refractivity contribution in [2.75, 3.05) is 5.73 Å². The Kier molecular flexibility index (Phi) is 3.27. The van der Waals surface area contributed by atoms with Crippen LogP contribution in [-0.2, 0) is 11.8 Å². The molecule has 4 heteroatoms. The summed E-state index contributed by atoms with van der Waals surface area (Å²) in [5, 5.41) is 17.2. The predicted molar refractivity (Wildman–Crippen MR) is 78.2 cm³/mol. The fourth-order valence-corrected chi connectivity index (χ4v) is 2.19. The number of benzene rings is 1. The number of hydrogen-bond donors (Lipinski definition) is 3. The van der Waals surface area contributed by atoms with Crippen LogP contribution in [0.2, 0.25) is 0 Å². The fourth-order valence-electron chi connectivity index (χ4n) is 2.19. The number of nitrogens with one attached hydrogen (secondary N) is 1. The zero-order valence-electron chi connectivity index (χ0n) is 11.9. The Hall–Kier alpha value is -1.97. The molecular weight excluding hydrogens is 238 g/mol. The lowest BCUT2D eigenvalue weighted by Crippen LogP contribution is -2.12. The molecule has 1 aromatic heterocycles. The normalized spacial score (nSPS) is 11.8. The highest BCUT2D eigenvalue weighted by Crippen LogP contribution is 2.40. The Morgan fingerprint density at radius 3 is 2.42 bits per heavy atom. The minimum atomic E-state index is -0.123. The Bertz CT molecular complexity index is 594. The Labute approximate surface area is 113 Å². The van der Waals surface area contributed by atoms with Crippen LogP contribution in [0, 0.1) is 0 Å². The van der Waals surface area contributed by atoms with E-state index < -0.39 is 0 Å². The highest BCUT2D eigenvalue weighted by molar-refractivity contribution is 5.79. The second-order valence-electron chi connectivity index (χ2n) is 5.84. The first-order valence-corrected chi connectivity index (χ1v) is 6.50. The first-order chi connectivity index (χ1) is 8.84. The van der Waals surface area contributed by atoms with Crippen LogP contribution < -0.4 is 5.73 Å². The number of nitrogens with zero attached hydrogens (tertiary/aromatic N) is 1. The maximum Gasteiger partial charge on any atom is 0.127 e. The summed E-state index contributed by atoms with van der Waals surface area (Å²) in [6.07, 6.45) is 2.56. The van der Waals surface area contributed by atoms with Gasteiger partial charge in [-0.25, -0.2) is 0 Å². The average molecular weight is 259 g/mol. The smallest absolute Gasteiger partial charge is 0.127 e. The fraction of sp³-hybridized carbons (Fsp3) is 0.400. The van der Waals surface area contributed by atoms with Gasteiger partial charge in [0.25, 0.3) is 0 Å². The highest BCUT2D eigenvalue weighted by atomic mass is 16.3. The van der Waals surface area contributed by atoms with Crippen LogP contribution in [-0.4, -0.2) is 15.3 Å². The lowest BCUT2D eigenvalue weighted by Gasteiger charge is -2.23. The standard InChI is InChI=1S/C15H21N3O/c1-5-9-6-10(11-8-17-18-14(11)16)13(19)12(7-9)15(2,3)4/h6-8,19H,5H2,1-4H3,(H3,16,17,18). The van der Waals surface area contributed by atoms with Crippen LogP contribution in [0.3, 0.4) is 0 Å². The van der Waals surface area contributed by atoms with Crippen LogP contribution in [0.1, 0.15) is 38.8 Å². The van der Waals surface area contributed by atoms with Gasteiger partial charge in [-0.2, -0.15) is 5.10 Å². The molecule has 0 fully saturated rings. The summed E-state index contributed by atoms with van der Waals surface area (Å²) in [4.78, 5) is 0. The Balaban J connectivity index is 2.71. The summed E-state index contributed by atoms with van der Waals surface area (Å²) in [6.45, 7) is 8.36. The zero-order valence-corrected chi connectivity index (χ0v) is 11.9. The van der Waals surface area contributed by atoms with Crippen LogP contribution in [0.4, 0.5) is 5.82 Å². The molecule has 0 aliphatic heterocycles. The van der Waals surface area contributed by atoms with Gasteiger partial charge in [-0.05, 0) is 23.5 Å². The second-order valence-corrected chi connectivity index (χ2v) is 5.84. The van der Waals surface area contributed by atoms with Crippen molar-refractivity contribution >= 4 is 5.82 Å². The maximum atomic E-state index is 10.5. The van der Waals surface area contributed by atoms with E-state index in [4.69, 9.17) is 5.73 Å². The van der Waals surface area contributed by atoms with E-state index in [-0.39, 0.29) is 11.2 Å². The topological polar surface area (TPSA) is 74.9 Å². The van der Waals surface area contributed by atoms with Gasteiger partial charge in [0.1, 0.15) is 11.6 Å². The quantitative estimate of drug-likeness (QED) is 0.775. The molecule has 2 rings (SSSR count). The number of aromatic hydroxyl groups is 1. The van der Waals surface area contributed by atoms with Gasteiger partial charge in [0.2, 0.25) is 0 Å². The van der Waals surface area contributed by atoms with Gasteiger partial charge in [0.15, 0.2) is 0 Å². The molecule has 0 aliphatic rings. The number of nitrogens with two attached hydrogens (primary N) is 1. The van der Waals surface area contributed by atoms with E-state index >= 15 is 0 Å². The molecule has 0 aliphatic carbocycles. The van der Waals surface area contributed by atoms with Gasteiger partial charge in [-0.15, -0.1) is 0 Å². The SMILES string of the molecule is CCc1cc(-c2cn[nH]c2N)c(O)c(C(C)(C)C)c1. The summed E-state index contributed by atoms with van der Waals surface area (Å²) < 4.78 is 0. The van der Waals surface area contributed by atoms with E-state index in [0.29, 0.717) is 5.82 Å². The molecule has 0 unspecified atom stereocenters. The molecular formula is C15H21N3O. The number of phenols is 1. The van der Waals surface area contributed by atoms with Crippen molar-refractivity contribution in [1.82, 2.24) is 10.2 Å². The molecule has 1 aromatic carbocycles. The van der Waals surface area contributed by atoms with Gasteiger partial charge in [0.05, 0.1) is 6.20 Å².